The maximum Gasteiger partial charge on any atom is 0.340 e. The van der Waals surface area contributed by atoms with Crippen LogP contribution >= 0.6 is 0 Å². The Balaban J connectivity index is 0.979. The molecule has 8 aliphatic rings. The molecule has 3 aliphatic heterocycles. The first kappa shape index (κ1) is 54.4. The number of fused-ring (bicyclic) bond motifs is 11. The van der Waals surface area contributed by atoms with Crippen LogP contribution in [-0.2, 0) is 55.1 Å². The number of hydrogen-bond donors (Lipinski definition) is 3. The summed E-state index contributed by atoms with van der Waals surface area (Å²) in [6, 6.07) is 29.3. The van der Waals surface area contributed by atoms with Crippen LogP contribution < -0.4 is 10.4 Å². The summed E-state index contributed by atoms with van der Waals surface area (Å²) in [5, 5.41) is 32.6. The second kappa shape index (κ2) is 22.4. The quantitative estimate of drug-likeness (QED) is 0.0557. The molecular weight excluding hydrogens is 1020 g/mol. The van der Waals surface area contributed by atoms with Gasteiger partial charge in [0.15, 0.2) is 17.8 Å². The zero-order chi connectivity index (χ0) is 55.6. The largest absolute Gasteiger partial charge is 0.482 e. The van der Waals surface area contributed by atoms with Gasteiger partial charge in [-0.15, -0.1) is 0 Å². The molecule has 0 unspecified atom stereocenters. The number of rotatable bonds is 9. The summed E-state index contributed by atoms with van der Waals surface area (Å²) in [7, 11) is 1.53. The van der Waals surface area contributed by atoms with Gasteiger partial charge in [-0.05, 0) is 195 Å². The van der Waals surface area contributed by atoms with Crippen LogP contribution in [0.3, 0.4) is 0 Å². The first-order valence-corrected chi connectivity index (χ1v) is 30.8. The van der Waals surface area contributed by atoms with Gasteiger partial charge >= 0.3 is 17.6 Å². The number of ether oxygens (including phenoxy) is 4. The Bertz CT molecular complexity index is 3340. The molecule has 0 radical (unpaired) electrons. The van der Waals surface area contributed by atoms with Crippen molar-refractivity contribution >= 4 is 22.9 Å². The molecule has 4 aromatic carbocycles. The number of aliphatic hydroxyl groups excluding tert-OH is 3. The highest BCUT2D eigenvalue weighted by molar-refractivity contribution is 5.90. The summed E-state index contributed by atoms with van der Waals surface area (Å²) in [4.78, 5) is 45.9. The van der Waals surface area contributed by atoms with E-state index in [-0.39, 0.29) is 90.3 Å². The fourth-order valence-electron chi connectivity index (χ4n) is 18.0. The molecule has 3 N–H and O–H groups in total. The van der Waals surface area contributed by atoms with Gasteiger partial charge in [-0.2, -0.15) is 0 Å². The number of hydrogen-bond acceptors (Lipinski definition) is 11. The average molecular weight is 1100 g/mol. The van der Waals surface area contributed by atoms with Crippen LogP contribution in [0.4, 0.5) is 0 Å². The monoisotopic (exact) mass is 1100 g/mol. The molecule has 13 rings (SSSR count). The lowest BCUT2D eigenvalue weighted by atomic mass is 9.54. The molecule has 12 atom stereocenters. The number of aliphatic hydroxyl groups is 3. The summed E-state index contributed by atoms with van der Waals surface area (Å²) in [6.07, 6.45) is 18.0. The van der Waals surface area contributed by atoms with Gasteiger partial charge in [-0.25, -0.2) is 9.59 Å². The number of benzene rings is 4. The Morgan fingerprint density at radius 1 is 0.790 bits per heavy atom. The second-order valence-corrected chi connectivity index (χ2v) is 25.6. The Morgan fingerprint density at radius 3 is 2.52 bits per heavy atom. The Hall–Kier alpha value is -5.85. The molecule has 1 spiro atoms. The van der Waals surface area contributed by atoms with E-state index in [2.05, 4.69) is 78.9 Å². The van der Waals surface area contributed by atoms with E-state index in [1.54, 1.807) is 13.0 Å². The zero-order valence-corrected chi connectivity index (χ0v) is 47.3. The SMILES string of the molecule is COC[C@@H](CCO)c1c(CO)c2ccc3c(c2oc1=O)[C@H]1OC(=O)C[C@H]2C[C@@H](c4cccc([C@]56CCCC[C@@H]5CCc5ccccc56)c4)CC[C@@H]2c2ccc4c(c2)CC[C@H]2CCC[C@@H]5C=CC[C@](O3)([C@H]25)[C@H]1OC(=O)/C(=C(/C)CO)CC4. The van der Waals surface area contributed by atoms with E-state index in [1.807, 2.05) is 6.07 Å². The molecule has 81 heavy (non-hydrogen) atoms. The number of aryl methyl sites for hydroxylation is 3. The molecule has 426 valence electrons. The molecule has 5 aliphatic carbocycles. The third kappa shape index (κ3) is 9.35. The highest BCUT2D eigenvalue weighted by Crippen LogP contribution is 2.60. The number of carbonyl (C=O) groups excluding carboxylic acids is 2. The minimum atomic E-state index is -1.30. The molecule has 11 heteroatoms. The van der Waals surface area contributed by atoms with Crippen LogP contribution in [0, 0.1) is 29.6 Å². The van der Waals surface area contributed by atoms with Gasteiger partial charge in [0.05, 0.1) is 25.4 Å². The molecule has 1 aromatic heterocycles. The fraction of sp³-hybridized carbons (Fsp3) is 0.529. The number of methoxy groups -OCH3 is 1. The standard InChI is InChI=1S/C70H80O11/c1-41(38-72)54-26-23-42-18-21-49-34-47(42)20-19-45-12-7-11-44-14-9-32-70(63(44)45)66(80-67(54)75)65(62-59(81-70)29-28-56-57(39-73)61(68(76)79-64(56)62)50(30-33-71)40-77-2)78-60(74)37-51-35-48(24-27-55(49)51)46-13-8-16-53(36-46)69-31-6-5-15-52(69)25-22-43-10-3-4-17-58(43)69/h3-4,8-10,13-14,16-18,21,28-29,34,36,44-45,48,50-52,55,63,65-66,71-73H,5-7,11-12,15,19-20,22-27,30-33,35,37-40H2,1-2H3/b54-41-/t44-,45-,48+,50-,51-,52-,55-,63+,65-,66+,69+,70+/m1/s1. The maximum atomic E-state index is 15.8. The van der Waals surface area contributed by atoms with Gasteiger partial charge in [0.2, 0.25) is 0 Å². The smallest absolute Gasteiger partial charge is 0.340 e. The Labute approximate surface area is 476 Å². The van der Waals surface area contributed by atoms with Crippen molar-refractivity contribution in [2.45, 2.75) is 177 Å². The molecular formula is C70H80O11. The van der Waals surface area contributed by atoms with Gasteiger partial charge in [0.25, 0.3) is 0 Å². The van der Waals surface area contributed by atoms with E-state index in [1.165, 1.54) is 71.7 Å². The summed E-state index contributed by atoms with van der Waals surface area (Å²) < 4.78 is 33.8. The number of carbonyl (C=O) groups is 2. The van der Waals surface area contributed by atoms with Crippen LogP contribution in [0.1, 0.15) is 189 Å². The normalized spacial score (nSPS) is 31.6. The van der Waals surface area contributed by atoms with Crippen LogP contribution in [0.15, 0.2) is 111 Å². The van der Waals surface area contributed by atoms with Crippen LogP contribution in [0.25, 0.3) is 11.0 Å². The van der Waals surface area contributed by atoms with Crippen molar-refractivity contribution in [3.8, 4) is 5.75 Å². The highest BCUT2D eigenvalue weighted by atomic mass is 16.6. The van der Waals surface area contributed by atoms with Gasteiger partial charge in [-0.1, -0.05) is 98.1 Å². The Kier molecular flexibility index (Phi) is 15.0. The van der Waals surface area contributed by atoms with Gasteiger partial charge < -0.3 is 38.7 Å². The van der Waals surface area contributed by atoms with E-state index >= 15 is 9.59 Å². The molecule has 3 saturated carbocycles. The van der Waals surface area contributed by atoms with Crippen molar-refractivity contribution in [3.63, 3.8) is 0 Å². The lowest BCUT2D eigenvalue weighted by Gasteiger charge is -2.56. The first-order valence-electron chi connectivity index (χ1n) is 30.8. The minimum Gasteiger partial charge on any atom is -0.482 e. The fourth-order valence-corrected chi connectivity index (χ4v) is 18.0. The van der Waals surface area contributed by atoms with E-state index in [4.69, 9.17) is 23.4 Å². The summed E-state index contributed by atoms with van der Waals surface area (Å²) in [5.74, 6) is -0.416. The van der Waals surface area contributed by atoms with E-state index in [9.17, 15) is 20.1 Å². The first-order chi connectivity index (χ1) is 39.6. The zero-order valence-electron chi connectivity index (χ0n) is 47.3. The Morgan fingerprint density at radius 2 is 1.67 bits per heavy atom. The van der Waals surface area contributed by atoms with Gasteiger partial charge in [0.1, 0.15) is 11.3 Å². The van der Waals surface area contributed by atoms with Gasteiger partial charge in [-0.3, -0.25) is 4.79 Å². The molecule has 3 fully saturated rings. The van der Waals surface area contributed by atoms with Crippen molar-refractivity contribution < 1.29 is 48.3 Å². The molecule has 4 heterocycles. The summed E-state index contributed by atoms with van der Waals surface area (Å²) in [5.41, 5.74) is 9.27. The molecule has 5 bridgehead atoms. The topological polar surface area (TPSA) is 162 Å². The van der Waals surface area contributed by atoms with Crippen molar-refractivity contribution in [1.29, 1.82) is 0 Å². The number of allylic oxidation sites excluding steroid dienone is 1. The van der Waals surface area contributed by atoms with E-state index in [0.717, 1.165) is 64.2 Å². The van der Waals surface area contributed by atoms with Crippen molar-refractivity contribution in [2.24, 2.45) is 29.6 Å². The van der Waals surface area contributed by atoms with Crippen LogP contribution in [0.5, 0.6) is 5.75 Å². The van der Waals surface area contributed by atoms with Crippen LogP contribution in [-0.4, -0.2) is 65.9 Å². The van der Waals surface area contributed by atoms with Crippen molar-refractivity contribution in [1.82, 2.24) is 0 Å². The lowest BCUT2D eigenvalue weighted by molar-refractivity contribution is -0.213. The molecule has 5 aromatic rings. The number of esters is 2. The summed E-state index contributed by atoms with van der Waals surface area (Å²) >= 11 is 0. The average Bonchev–Trinajstić information content (AvgIpc) is 2.93. The lowest BCUT2D eigenvalue weighted by Crippen LogP contribution is -2.64. The minimum absolute atomic E-state index is 0.0157. The second-order valence-electron chi connectivity index (χ2n) is 25.6. The molecule has 11 nitrogen and oxygen atoms in total. The van der Waals surface area contributed by atoms with E-state index < -0.39 is 47.9 Å². The third-order valence-corrected chi connectivity index (χ3v) is 21.6. The van der Waals surface area contributed by atoms with Gasteiger partial charge in [0, 0.05) is 60.3 Å². The predicted molar refractivity (Wildman–Crippen MR) is 309 cm³/mol. The third-order valence-electron chi connectivity index (χ3n) is 21.6. The van der Waals surface area contributed by atoms with Crippen LogP contribution in [0.2, 0.25) is 0 Å². The highest BCUT2D eigenvalue weighted by Gasteiger charge is 2.63. The van der Waals surface area contributed by atoms with Crippen molar-refractivity contribution in [2.75, 3.05) is 26.9 Å². The van der Waals surface area contributed by atoms with E-state index in [0.29, 0.717) is 53.0 Å². The molecule has 0 amide bonds. The van der Waals surface area contributed by atoms with Crippen molar-refractivity contribution in [3.05, 3.63) is 168 Å². The molecule has 0 saturated heterocycles. The summed E-state index contributed by atoms with van der Waals surface area (Å²) in [6.45, 7) is 0.790. The predicted octanol–water partition coefficient (Wildman–Crippen LogP) is 12.4. The maximum absolute atomic E-state index is 15.8.